The fourth-order valence-corrected chi connectivity index (χ4v) is 2.04. The Morgan fingerprint density at radius 2 is 2.24 bits per heavy atom. The van der Waals surface area contributed by atoms with Crippen molar-refractivity contribution in [2.75, 3.05) is 5.33 Å². The summed E-state index contributed by atoms with van der Waals surface area (Å²) in [5, 5.41) is 4.21. The van der Waals surface area contributed by atoms with Crippen molar-refractivity contribution in [3.63, 3.8) is 0 Å². The van der Waals surface area contributed by atoms with Crippen LogP contribution in [0.25, 0.3) is 0 Å². The second-order valence-electron chi connectivity index (χ2n) is 4.32. The smallest absolute Gasteiger partial charge is 0.270 e. The Kier molecular flexibility index (Phi) is 5.92. The van der Waals surface area contributed by atoms with Gasteiger partial charge in [-0.2, -0.15) is 0 Å². The Hall–Kier alpha value is -0.610. The van der Waals surface area contributed by atoms with E-state index < -0.39 is 0 Å². The topological polar surface area (TPSA) is 42.0 Å². The molecule has 1 unspecified atom stereocenters. The number of hydrogen-bond donors (Lipinski definition) is 1. The van der Waals surface area contributed by atoms with E-state index in [9.17, 15) is 4.79 Å². The minimum absolute atomic E-state index is 0.125. The highest BCUT2D eigenvalue weighted by molar-refractivity contribution is 9.09. The minimum atomic E-state index is -0.160. The lowest BCUT2D eigenvalue weighted by Gasteiger charge is -2.17. The Labute approximate surface area is 115 Å². The molecule has 0 aliphatic rings. The molecule has 1 atom stereocenters. The van der Waals surface area contributed by atoms with E-state index in [4.69, 9.17) is 11.6 Å². The molecular formula is C12H16BrClN2O. The van der Waals surface area contributed by atoms with Crippen molar-refractivity contribution < 1.29 is 4.79 Å². The van der Waals surface area contributed by atoms with Crippen LogP contribution >= 0.6 is 27.5 Å². The van der Waals surface area contributed by atoms with E-state index in [1.165, 1.54) is 6.20 Å². The number of hydrogen-bond acceptors (Lipinski definition) is 2. The summed E-state index contributed by atoms with van der Waals surface area (Å²) in [7, 11) is 0. The van der Waals surface area contributed by atoms with Gasteiger partial charge in [-0.3, -0.25) is 4.79 Å². The Morgan fingerprint density at radius 3 is 2.71 bits per heavy atom. The molecule has 3 nitrogen and oxygen atoms in total. The highest BCUT2D eigenvalue weighted by atomic mass is 79.9. The second kappa shape index (κ2) is 6.97. The summed E-state index contributed by atoms with van der Waals surface area (Å²) < 4.78 is 0. The van der Waals surface area contributed by atoms with E-state index >= 15 is 0 Å². The summed E-state index contributed by atoms with van der Waals surface area (Å²) in [6, 6.07) is 3.41. The van der Waals surface area contributed by atoms with Crippen LogP contribution in [0.5, 0.6) is 0 Å². The zero-order chi connectivity index (χ0) is 12.8. The molecule has 5 heteroatoms. The van der Waals surface area contributed by atoms with Crippen molar-refractivity contribution in [3.05, 3.63) is 29.0 Å². The lowest BCUT2D eigenvalue weighted by molar-refractivity contribution is 0.0932. The van der Waals surface area contributed by atoms with Crippen LogP contribution in [0.3, 0.4) is 0 Å². The molecule has 0 bridgehead atoms. The molecule has 1 aromatic rings. The zero-order valence-corrected chi connectivity index (χ0v) is 12.3. The van der Waals surface area contributed by atoms with Gasteiger partial charge in [0.1, 0.15) is 5.69 Å². The summed E-state index contributed by atoms with van der Waals surface area (Å²) >= 11 is 9.12. The third kappa shape index (κ3) is 5.04. The molecular weight excluding hydrogens is 304 g/mol. The molecule has 1 heterocycles. The number of alkyl halides is 1. The Bertz CT molecular complexity index is 367. The SMILES string of the molecule is CC(C)CC(CBr)NC(=O)c1ccc(Cl)cn1. The highest BCUT2D eigenvalue weighted by Gasteiger charge is 2.14. The predicted molar refractivity (Wildman–Crippen MR) is 73.8 cm³/mol. The number of amides is 1. The number of nitrogens with zero attached hydrogens (tertiary/aromatic N) is 1. The van der Waals surface area contributed by atoms with Gasteiger partial charge in [0.15, 0.2) is 0 Å². The fourth-order valence-electron chi connectivity index (χ4n) is 1.50. The van der Waals surface area contributed by atoms with Crippen molar-refractivity contribution in [2.45, 2.75) is 26.3 Å². The van der Waals surface area contributed by atoms with E-state index in [-0.39, 0.29) is 11.9 Å². The van der Waals surface area contributed by atoms with Crippen LogP contribution in [0, 0.1) is 5.92 Å². The lowest BCUT2D eigenvalue weighted by Crippen LogP contribution is -2.37. The number of aromatic nitrogens is 1. The average Bonchev–Trinajstić information content (AvgIpc) is 2.28. The largest absolute Gasteiger partial charge is 0.347 e. The van der Waals surface area contributed by atoms with Crippen LogP contribution in [-0.4, -0.2) is 22.3 Å². The van der Waals surface area contributed by atoms with Gasteiger partial charge in [0, 0.05) is 17.6 Å². The van der Waals surface area contributed by atoms with Gasteiger partial charge in [-0.1, -0.05) is 41.4 Å². The van der Waals surface area contributed by atoms with Crippen LogP contribution in [-0.2, 0) is 0 Å². The molecule has 0 aliphatic carbocycles. The number of pyridine rings is 1. The van der Waals surface area contributed by atoms with Crippen LogP contribution < -0.4 is 5.32 Å². The monoisotopic (exact) mass is 318 g/mol. The summed E-state index contributed by atoms with van der Waals surface area (Å²) in [5.74, 6) is 0.378. The third-order valence-electron chi connectivity index (χ3n) is 2.24. The molecule has 1 N–H and O–H groups in total. The van der Waals surface area contributed by atoms with Crippen molar-refractivity contribution in [3.8, 4) is 0 Å². The number of carbonyl (C=O) groups excluding carboxylic acids is 1. The lowest BCUT2D eigenvalue weighted by atomic mass is 10.1. The summed E-state index contributed by atoms with van der Waals surface area (Å²) in [6.45, 7) is 4.25. The van der Waals surface area contributed by atoms with Crippen LogP contribution in [0.1, 0.15) is 30.8 Å². The molecule has 0 spiro atoms. The summed E-state index contributed by atoms with van der Waals surface area (Å²) in [5.41, 5.74) is 0.393. The Morgan fingerprint density at radius 1 is 1.53 bits per heavy atom. The van der Waals surface area contributed by atoms with Gasteiger partial charge in [-0.15, -0.1) is 0 Å². The Balaban J connectivity index is 2.61. The number of rotatable bonds is 5. The third-order valence-corrected chi connectivity index (χ3v) is 3.24. The van der Waals surface area contributed by atoms with Crippen molar-refractivity contribution in [1.82, 2.24) is 10.3 Å². The number of nitrogens with one attached hydrogen (secondary N) is 1. The molecule has 0 fully saturated rings. The minimum Gasteiger partial charge on any atom is -0.347 e. The van der Waals surface area contributed by atoms with Gasteiger partial charge in [0.05, 0.1) is 5.02 Å². The van der Waals surface area contributed by atoms with E-state index in [0.29, 0.717) is 16.6 Å². The maximum absolute atomic E-state index is 11.9. The van der Waals surface area contributed by atoms with Crippen LogP contribution in [0.4, 0.5) is 0 Å². The molecule has 1 rings (SSSR count). The molecule has 94 valence electrons. The number of halogens is 2. The first kappa shape index (κ1) is 14.5. The van der Waals surface area contributed by atoms with Gasteiger partial charge < -0.3 is 5.32 Å². The van der Waals surface area contributed by atoms with Gasteiger partial charge in [-0.05, 0) is 24.5 Å². The molecule has 1 amide bonds. The molecule has 0 aliphatic heterocycles. The van der Waals surface area contributed by atoms with Crippen molar-refractivity contribution in [2.24, 2.45) is 5.92 Å². The average molecular weight is 320 g/mol. The first-order chi connectivity index (χ1) is 8.02. The molecule has 0 radical (unpaired) electrons. The molecule has 0 saturated carbocycles. The summed E-state index contributed by atoms with van der Waals surface area (Å²) in [4.78, 5) is 15.9. The summed E-state index contributed by atoms with van der Waals surface area (Å²) in [6.07, 6.45) is 2.41. The molecule has 17 heavy (non-hydrogen) atoms. The van der Waals surface area contributed by atoms with Gasteiger partial charge in [0.25, 0.3) is 5.91 Å². The maximum atomic E-state index is 11.9. The van der Waals surface area contributed by atoms with E-state index in [1.54, 1.807) is 12.1 Å². The maximum Gasteiger partial charge on any atom is 0.270 e. The molecule has 0 saturated heterocycles. The normalized spacial score (nSPS) is 12.5. The van der Waals surface area contributed by atoms with Crippen molar-refractivity contribution >= 4 is 33.4 Å². The quantitative estimate of drug-likeness (QED) is 0.846. The standard InChI is InChI=1S/C12H16BrClN2O/c1-8(2)5-10(6-13)16-12(17)11-4-3-9(14)7-15-11/h3-4,7-8,10H,5-6H2,1-2H3,(H,16,17). The van der Waals surface area contributed by atoms with Gasteiger partial charge in [0.2, 0.25) is 0 Å². The second-order valence-corrected chi connectivity index (χ2v) is 5.40. The van der Waals surface area contributed by atoms with Gasteiger partial charge in [-0.25, -0.2) is 4.98 Å². The first-order valence-electron chi connectivity index (χ1n) is 5.51. The molecule has 0 aromatic carbocycles. The zero-order valence-electron chi connectivity index (χ0n) is 9.91. The van der Waals surface area contributed by atoms with Crippen LogP contribution in [0.15, 0.2) is 18.3 Å². The highest BCUT2D eigenvalue weighted by Crippen LogP contribution is 2.09. The fraction of sp³-hybridized carbons (Fsp3) is 0.500. The van der Waals surface area contributed by atoms with E-state index in [0.717, 1.165) is 11.8 Å². The number of carbonyl (C=O) groups is 1. The predicted octanol–water partition coefficient (Wildman–Crippen LogP) is 3.27. The van der Waals surface area contributed by atoms with Crippen LogP contribution in [0.2, 0.25) is 5.02 Å². The van der Waals surface area contributed by atoms with Crippen molar-refractivity contribution in [1.29, 1.82) is 0 Å². The van der Waals surface area contributed by atoms with E-state index in [2.05, 4.69) is 40.1 Å². The van der Waals surface area contributed by atoms with E-state index in [1.807, 2.05) is 0 Å². The molecule has 1 aromatic heterocycles. The first-order valence-corrected chi connectivity index (χ1v) is 7.01. The van der Waals surface area contributed by atoms with Gasteiger partial charge >= 0.3 is 0 Å².